The van der Waals surface area contributed by atoms with Gasteiger partial charge in [0.2, 0.25) is 0 Å². The monoisotopic (exact) mass is 268 g/mol. The molecule has 104 valence electrons. The van der Waals surface area contributed by atoms with Gasteiger partial charge in [-0.25, -0.2) is 8.78 Å². The molecule has 2 N–H and O–H groups in total. The minimum absolute atomic E-state index is 0.0787. The van der Waals surface area contributed by atoms with Crippen molar-refractivity contribution in [1.82, 2.24) is 4.90 Å². The lowest BCUT2D eigenvalue weighted by Crippen LogP contribution is -2.43. The molecular formula is C14H18F2N2O. The third kappa shape index (κ3) is 2.92. The van der Waals surface area contributed by atoms with Gasteiger partial charge in [-0.3, -0.25) is 4.79 Å². The second kappa shape index (κ2) is 5.25. The summed E-state index contributed by atoms with van der Waals surface area (Å²) in [6.45, 7) is 2.07. The van der Waals surface area contributed by atoms with E-state index >= 15 is 0 Å². The average Bonchev–Trinajstić information content (AvgIpc) is 2.31. The first-order chi connectivity index (χ1) is 8.88. The first-order valence-corrected chi connectivity index (χ1v) is 6.35. The summed E-state index contributed by atoms with van der Waals surface area (Å²) in [7, 11) is 1.63. The van der Waals surface area contributed by atoms with E-state index in [9.17, 15) is 13.6 Å². The Bertz CT molecular complexity index is 498. The van der Waals surface area contributed by atoms with Gasteiger partial charge in [-0.1, -0.05) is 0 Å². The zero-order valence-electron chi connectivity index (χ0n) is 11.1. The number of hydrogen-bond acceptors (Lipinski definition) is 2. The Morgan fingerprint density at radius 1 is 1.37 bits per heavy atom. The highest BCUT2D eigenvalue weighted by Crippen LogP contribution is 2.26. The van der Waals surface area contributed by atoms with Crippen LogP contribution in [0.3, 0.4) is 0 Å². The summed E-state index contributed by atoms with van der Waals surface area (Å²) < 4.78 is 26.8. The molecule has 1 aromatic rings. The van der Waals surface area contributed by atoms with Crippen LogP contribution in [0.5, 0.6) is 0 Å². The second-order valence-electron chi connectivity index (χ2n) is 5.36. The van der Waals surface area contributed by atoms with Gasteiger partial charge in [-0.15, -0.1) is 0 Å². The number of nitrogens with two attached hydrogens (primary N) is 1. The van der Waals surface area contributed by atoms with E-state index in [0.29, 0.717) is 12.5 Å². The third-order valence-corrected chi connectivity index (χ3v) is 3.63. The SMILES string of the molecule is Cc1cc(C(=O)N(C)CC2CC(N)C2)c(F)cc1F. The van der Waals surface area contributed by atoms with E-state index in [4.69, 9.17) is 5.73 Å². The summed E-state index contributed by atoms with van der Waals surface area (Å²) in [5.41, 5.74) is 5.88. The highest BCUT2D eigenvalue weighted by Gasteiger charge is 2.29. The summed E-state index contributed by atoms with van der Waals surface area (Å²) in [6.07, 6.45) is 1.78. The predicted molar refractivity (Wildman–Crippen MR) is 68.8 cm³/mol. The van der Waals surface area contributed by atoms with Crippen LogP contribution in [0.15, 0.2) is 12.1 Å². The molecule has 1 aliphatic rings. The zero-order valence-corrected chi connectivity index (χ0v) is 11.1. The van der Waals surface area contributed by atoms with Crippen molar-refractivity contribution in [2.75, 3.05) is 13.6 Å². The van der Waals surface area contributed by atoms with Gasteiger partial charge in [0.05, 0.1) is 5.56 Å². The van der Waals surface area contributed by atoms with Crippen molar-refractivity contribution in [3.05, 3.63) is 34.9 Å². The van der Waals surface area contributed by atoms with Crippen LogP contribution < -0.4 is 5.73 Å². The van der Waals surface area contributed by atoms with Crippen LogP contribution in [0, 0.1) is 24.5 Å². The van der Waals surface area contributed by atoms with Gasteiger partial charge in [0.15, 0.2) is 0 Å². The smallest absolute Gasteiger partial charge is 0.256 e. The number of aryl methyl sites for hydroxylation is 1. The van der Waals surface area contributed by atoms with Crippen molar-refractivity contribution < 1.29 is 13.6 Å². The Labute approximate surface area is 111 Å². The molecule has 0 radical (unpaired) electrons. The Balaban J connectivity index is 2.08. The van der Waals surface area contributed by atoms with E-state index in [0.717, 1.165) is 18.9 Å². The average molecular weight is 268 g/mol. The molecule has 0 aromatic heterocycles. The molecule has 19 heavy (non-hydrogen) atoms. The van der Waals surface area contributed by atoms with E-state index in [1.54, 1.807) is 7.05 Å². The van der Waals surface area contributed by atoms with Gasteiger partial charge >= 0.3 is 0 Å². The van der Waals surface area contributed by atoms with Crippen LogP contribution in [0.1, 0.15) is 28.8 Å². The van der Waals surface area contributed by atoms with Crippen molar-refractivity contribution in [3.63, 3.8) is 0 Å². The van der Waals surface area contributed by atoms with E-state index in [1.807, 2.05) is 0 Å². The number of nitrogens with zero attached hydrogens (tertiary/aromatic N) is 1. The minimum Gasteiger partial charge on any atom is -0.341 e. The summed E-state index contributed by atoms with van der Waals surface area (Å²) in [4.78, 5) is 13.6. The number of amides is 1. The molecule has 5 heteroatoms. The van der Waals surface area contributed by atoms with Crippen molar-refractivity contribution in [2.24, 2.45) is 11.7 Å². The first kappa shape index (κ1) is 13.9. The molecule has 0 atom stereocenters. The molecule has 0 heterocycles. The normalized spacial score (nSPS) is 21.9. The number of hydrogen-bond donors (Lipinski definition) is 1. The molecule has 1 fully saturated rings. The van der Waals surface area contributed by atoms with Crippen molar-refractivity contribution in [1.29, 1.82) is 0 Å². The van der Waals surface area contributed by atoms with Crippen LogP contribution in [0.2, 0.25) is 0 Å². The van der Waals surface area contributed by atoms with E-state index in [1.165, 1.54) is 17.9 Å². The van der Waals surface area contributed by atoms with Crippen LogP contribution >= 0.6 is 0 Å². The predicted octanol–water partition coefficient (Wildman–Crippen LogP) is 2.08. The summed E-state index contributed by atoms with van der Waals surface area (Å²) >= 11 is 0. The molecule has 2 rings (SSSR count). The number of rotatable bonds is 3. The Hall–Kier alpha value is -1.49. The standard InChI is InChI=1S/C14H18F2N2O/c1-8-3-11(13(16)6-12(8)15)14(19)18(2)7-9-4-10(17)5-9/h3,6,9-10H,4-5,7,17H2,1-2H3. The van der Waals surface area contributed by atoms with Crippen LogP contribution in [-0.4, -0.2) is 30.4 Å². The molecule has 1 aromatic carbocycles. The van der Waals surface area contributed by atoms with Gasteiger partial charge < -0.3 is 10.6 Å². The molecule has 0 unspecified atom stereocenters. The maximum Gasteiger partial charge on any atom is 0.256 e. The minimum atomic E-state index is -0.815. The van der Waals surface area contributed by atoms with Crippen LogP contribution in [0.25, 0.3) is 0 Å². The maximum atomic E-state index is 13.6. The van der Waals surface area contributed by atoms with E-state index in [2.05, 4.69) is 0 Å². The molecule has 1 aliphatic carbocycles. The van der Waals surface area contributed by atoms with Crippen LogP contribution in [-0.2, 0) is 0 Å². The summed E-state index contributed by atoms with van der Waals surface area (Å²) in [5.74, 6) is -1.48. The molecular weight excluding hydrogens is 250 g/mol. The zero-order chi connectivity index (χ0) is 14.2. The Morgan fingerprint density at radius 2 is 2.00 bits per heavy atom. The van der Waals surface area contributed by atoms with Crippen molar-refractivity contribution >= 4 is 5.91 Å². The number of halogens is 2. The molecule has 1 saturated carbocycles. The van der Waals surface area contributed by atoms with E-state index in [-0.39, 0.29) is 17.2 Å². The van der Waals surface area contributed by atoms with E-state index < -0.39 is 17.5 Å². The summed E-state index contributed by atoms with van der Waals surface area (Å²) in [5, 5.41) is 0. The largest absolute Gasteiger partial charge is 0.341 e. The van der Waals surface area contributed by atoms with Gasteiger partial charge in [0.25, 0.3) is 5.91 Å². The lowest BCUT2D eigenvalue weighted by molar-refractivity contribution is 0.0729. The third-order valence-electron chi connectivity index (χ3n) is 3.63. The number of carbonyl (C=O) groups is 1. The van der Waals surface area contributed by atoms with Gasteiger partial charge in [-0.2, -0.15) is 0 Å². The molecule has 0 bridgehead atoms. The second-order valence-corrected chi connectivity index (χ2v) is 5.36. The quantitative estimate of drug-likeness (QED) is 0.912. The molecule has 0 spiro atoms. The molecule has 1 amide bonds. The highest BCUT2D eigenvalue weighted by atomic mass is 19.1. The Morgan fingerprint density at radius 3 is 2.58 bits per heavy atom. The van der Waals surface area contributed by atoms with Gasteiger partial charge in [0, 0.05) is 25.7 Å². The van der Waals surface area contributed by atoms with Crippen LogP contribution in [0.4, 0.5) is 8.78 Å². The fourth-order valence-corrected chi connectivity index (χ4v) is 2.43. The van der Waals surface area contributed by atoms with Gasteiger partial charge in [0.1, 0.15) is 11.6 Å². The highest BCUT2D eigenvalue weighted by molar-refractivity contribution is 5.94. The Kier molecular flexibility index (Phi) is 3.85. The lowest BCUT2D eigenvalue weighted by Gasteiger charge is -2.35. The van der Waals surface area contributed by atoms with Crippen molar-refractivity contribution in [3.8, 4) is 0 Å². The number of benzene rings is 1. The molecule has 0 aliphatic heterocycles. The fraction of sp³-hybridized carbons (Fsp3) is 0.500. The lowest BCUT2D eigenvalue weighted by atomic mass is 9.80. The topological polar surface area (TPSA) is 46.3 Å². The van der Waals surface area contributed by atoms with Crippen molar-refractivity contribution in [2.45, 2.75) is 25.8 Å². The summed E-state index contributed by atoms with van der Waals surface area (Å²) in [6, 6.07) is 2.24. The first-order valence-electron chi connectivity index (χ1n) is 6.35. The maximum absolute atomic E-state index is 13.6. The number of carbonyl (C=O) groups excluding carboxylic acids is 1. The fourth-order valence-electron chi connectivity index (χ4n) is 2.43. The van der Waals surface area contributed by atoms with Gasteiger partial charge in [-0.05, 0) is 37.3 Å². The molecule has 3 nitrogen and oxygen atoms in total. The molecule has 0 saturated heterocycles.